The highest BCUT2D eigenvalue weighted by Crippen LogP contribution is 2.39. The largest absolute Gasteiger partial charge is 0.309 e. The molecule has 0 bridgehead atoms. The molecule has 2 rings (SSSR count). The fourth-order valence-corrected chi connectivity index (χ4v) is 3.80. The van der Waals surface area contributed by atoms with Crippen molar-refractivity contribution in [3.63, 3.8) is 0 Å². The van der Waals surface area contributed by atoms with Crippen LogP contribution in [0.1, 0.15) is 16.5 Å². The molecule has 18 heavy (non-hydrogen) atoms. The Labute approximate surface area is 127 Å². The SMILES string of the molecule is CNC(c1cc(Br)c(Cl)s1)c1cccc(F)c1Cl. The molecule has 1 aromatic heterocycles. The second kappa shape index (κ2) is 5.88. The van der Waals surface area contributed by atoms with E-state index >= 15 is 0 Å². The first-order valence-corrected chi connectivity index (χ1v) is 7.47. The van der Waals surface area contributed by atoms with Gasteiger partial charge in [-0.1, -0.05) is 35.3 Å². The number of hydrogen-bond acceptors (Lipinski definition) is 2. The Morgan fingerprint density at radius 1 is 1.39 bits per heavy atom. The lowest BCUT2D eigenvalue weighted by molar-refractivity contribution is 0.618. The Bertz CT molecular complexity index is 554. The van der Waals surface area contributed by atoms with Gasteiger partial charge in [0.05, 0.1) is 11.1 Å². The van der Waals surface area contributed by atoms with Crippen LogP contribution in [0.3, 0.4) is 0 Å². The first-order valence-electron chi connectivity index (χ1n) is 5.10. The molecular formula is C12H9BrCl2FNS. The van der Waals surface area contributed by atoms with Gasteiger partial charge in [-0.05, 0) is 40.7 Å². The molecule has 0 aliphatic heterocycles. The Hall–Kier alpha value is -0.130. The lowest BCUT2D eigenvalue weighted by Crippen LogP contribution is -2.17. The average molecular weight is 369 g/mol. The maximum Gasteiger partial charge on any atom is 0.142 e. The van der Waals surface area contributed by atoms with E-state index in [2.05, 4.69) is 21.2 Å². The molecule has 0 amide bonds. The third-order valence-corrected chi connectivity index (χ3v) is 5.47. The molecule has 0 fully saturated rings. The van der Waals surface area contributed by atoms with Crippen molar-refractivity contribution in [2.75, 3.05) is 7.05 Å². The van der Waals surface area contributed by atoms with Gasteiger partial charge in [0.1, 0.15) is 10.2 Å². The number of nitrogens with one attached hydrogen (secondary N) is 1. The van der Waals surface area contributed by atoms with Crippen LogP contribution in [0.2, 0.25) is 9.36 Å². The van der Waals surface area contributed by atoms with Gasteiger partial charge in [-0.2, -0.15) is 0 Å². The van der Waals surface area contributed by atoms with Crippen LogP contribution in [-0.2, 0) is 0 Å². The molecule has 0 radical (unpaired) electrons. The van der Waals surface area contributed by atoms with Crippen molar-refractivity contribution < 1.29 is 4.39 Å². The summed E-state index contributed by atoms with van der Waals surface area (Å²) in [5, 5.41) is 3.26. The van der Waals surface area contributed by atoms with Gasteiger partial charge in [-0.25, -0.2) is 4.39 Å². The Balaban J connectivity index is 2.48. The van der Waals surface area contributed by atoms with Crippen molar-refractivity contribution in [2.24, 2.45) is 0 Å². The summed E-state index contributed by atoms with van der Waals surface area (Å²) in [6, 6.07) is 6.52. The summed E-state index contributed by atoms with van der Waals surface area (Å²) in [5.41, 5.74) is 0.699. The van der Waals surface area contributed by atoms with Crippen molar-refractivity contribution in [2.45, 2.75) is 6.04 Å². The van der Waals surface area contributed by atoms with Crippen LogP contribution in [0.4, 0.5) is 4.39 Å². The predicted octanol–water partition coefficient (Wildman–Crippen LogP) is 5.27. The molecule has 0 aliphatic carbocycles. The van der Waals surface area contributed by atoms with Crippen LogP contribution in [0.15, 0.2) is 28.7 Å². The fourth-order valence-electron chi connectivity index (χ4n) is 1.70. The van der Waals surface area contributed by atoms with E-state index in [1.54, 1.807) is 19.2 Å². The third-order valence-electron chi connectivity index (χ3n) is 2.53. The summed E-state index contributed by atoms with van der Waals surface area (Å²) in [4.78, 5) is 0.974. The molecule has 96 valence electrons. The van der Waals surface area contributed by atoms with Crippen molar-refractivity contribution in [3.05, 3.63) is 54.4 Å². The molecule has 1 aromatic carbocycles. The Morgan fingerprint density at radius 3 is 2.67 bits per heavy atom. The molecular weight excluding hydrogens is 360 g/mol. The highest BCUT2D eigenvalue weighted by atomic mass is 79.9. The second-order valence-corrected chi connectivity index (χ2v) is 6.55. The van der Waals surface area contributed by atoms with Crippen molar-refractivity contribution >= 4 is 50.5 Å². The van der Waals surface area contributed by atoms with Gasteiger partial charge in [0.15, 0.2) is 0 Å². The minimum Gasteiger partial charge on any atom is -0.309 e. The molecule has 0 aliphatic rings. The van der Waals surface area contributed by atoms with Crippen LogP contribution in [0.25, 0.3) is 0 Å². The summed E-state index contributed by atoms with van der Waals surface area (Å²) in [5.74, 6) is -0.420. The number of rotatable bonds is 3. The minimum atomic E-state index is -0.420. The van der Waals surface area contributed by atoms with Gasteiger partial charge < -0.3 is 5.32 Å². The molecule has 1 N–H and O–H groups in total. The molecule has 0 saturated heterocycles. The molecule has 6 heteroatoms. The van der Waals surface area contributed by atoms with E-state index in [1.165, 1.54) is 17.4 Å². The first-order chi connectivity index (χ1) is 8.54. The Kier molecular flexibility index (Phi) is 4.67. The summed E-state index contributed by atoms with van der Waals surface area (Å²) in [7, 11) is 1.80. The number of thiophene rings is 1. The van der Waals surface area contributed by atoms with Crippen molar-refractivity contribution in [3.8, 4) is 0 Å². The molecule has 1 atom stereocenters. The maximum absolute atomic E-state index is 13.5. The van der Waals surface area contributed by atoms with Crippen LogP contribution in [-0.4, -0.2) is 7.05 Å². The van der Waals surface area contributed by atoms with E-state index in [9.17, 15) is 4.39 Å². The van der Waals surface area contributed by atoms with Gasteiger partial charge in [0, 0.05) is 9.35 Å². The molecule has 1 unspecified atom stereocenters. The zero-order valence-electron chi connectivity index (χ0n) is 9.31. The Morgan fingerprint density at radius 2 is 2.11 bits per heavy atom. The first kappa shape index (κ1) is 14.3. The molecule has 2 aromatic rings. The minimum absolute atomic E-state index is 0.137. The maximum atomic E-state index is 13.5. The predicted molar refractivity (Wildman–Crippen MR) is 79.3 cm³/mol. The van der Waals surface area contributed by atoms with Gasteiger partial charge >= 0.3 is 0 Å². The highest BCUT2D eigenvalue weighted by Gasteiger charge is 2.20. The van der Waals surface area contributed by atoms with Gasteiger partial charge in [-0.15, -0.1) is 11.3 Å². The summed E-state index contributed by atoms with van der Waals surface area (Å²) in [6.45, 7) is 0. The van der Waals surface area contributed by atoms with Crippen LogP contribution in [0.5, 0.6) is 0 Å². The fraction of sp³-hybridized carbons (Fsp3) is 0.167. The summed E-state index contributed by atoms with van der Waals surface area (Å²) >= 11 is 16.8. The van der Waals surface area contributed by atoms with Gasteiger partial charge in [-0.3, -0.25) is 0 Å². The molecule has 0 spiro atoms. The quantitative estimate of drug-likeness (QED) is 0.778. The van der Waals surface area contributed by atoms with Crippen LogP contribution < -0.4 is 5.32 Å². The molecule has 1 nitrogen and oxygen atoms in total. The topological polar surface area (TPSA) is 12.0 Å². The van der Waals surface area contributed by atoms with E-state index < -0.39 is 5.82 Å². The van der Waals surface area contributed by atoms with Gasteiger partial charge in [0.25, 0.3) is 0 Å². The summed E-state index contributed by atoms with van der Waals surface area (Å²) < 4.78 is 15.0. The van der Waals surface area contributed by atoms with Crippen molar-refractivity contribution in [1.82, 2.24) is 5.32 Å². The summed E-state index contributed by atoms with van der Waals surface area (Å²) in [6.07, 6.45) is 0. The monoisotopic (exact) mass is 367 g/mol. The van der Waals surface area contributed by atoms with Crippen LogP contribution in [0, 0.1) is 5.82 Å². The number of halogens is 4. The average Bonchev–Trinajstić information content (AvgIpc) is 2.66. The van der Waals surface area contributed by atoms with E-state index in [1.807, 2.05) is 6.07 Å². The van der Waals surface area contributed by atoms with E-state index in [-0.39, 0.29) is 11.1 Å². The zero-order valence-corrected chi connectivity index (χ0v) is 13.2. The molecule has 0 saturated carbocycles. The van der Waals surface area contributed by atoms with E-state index in [4.69, 9.17) is 23.2 Å². The zero-order chi connectivity index (χ0) is 13.3. The van der Waals surface area contributed by atoms with Gasteiger partial charge in [0.2, 0.25) is 0 Å². The number of benzene rings is 1. The van der Waals surface area contributed by atoms with E-state index in [0.717, 1.165) is 9.35 Å². The number of hydrogen-bond donors (Lipinski definition) is 1. The standard InChI is InChI=1S/C12H9BrCl2FNS/c1-17-11(9-5-7(13)12(15)18-9)6-3-2-4-8(16)10(6)14/h2-5,11,17H,1H3. The third kappa shape index (κ3) is 2.73. The smallest absolute Gasteiger partial charge is 0.142 e. The molecule has 1 heterocycles. The normalized spacial score (nSPS) is 12.7. The lowest BCUT2D eigenvalue weighted by atomic mass is 10.1. The van der Waals surface area contributed by atoms with Crippen molar-refractivity contribution in [1.29, 1.82) is 0 Å². The second-order valence-electron chi connectivity index (χ2n) is 3.64. The highest BCUT2D eigenvalue weighted by molar-refractivity contribution is 9.10. The van der Waals surface area contributed by atoms with E-state index in [0.29, 0.717) is 9.90 Å². The lowest BCUT2D eigenvalue weighted by Gasteiger charge is -2.16. The van der Waals surface area contributed by atoms with Crippen LogP contribution >= 0.6 is 50.5 Å².